The molecule has 0 saturated heterocycles. The Morgan fingerprint density at radius 2 is 2.06 bits per heavy atom. The van der Waals surface area contributed by atoms with Crippen LogP contribution in [-0.4, -0.2) is 48.1 Å². The van der Waals surface area contributed by atoms with E-state index in [0.29, 0.717) is 6.42 Å². The van der Waals surface area contributed by atoms with Crippen molar-refractivity contribution in [2.75, 3.05) is 20.6 Å². The SMILES string of the molecule is CC1CCCCC1(NC(=O)CN(C)C)C(=O)O. The van der Waals surface area contributed by atoms with Gasteiger partial charge in [0.15, 0.2) is 0 Å². The smallest absolute Gasteiger partial charge is 0.329 e. The van der Waals surface area contributed by atoms with Gasteiger partial charge in [-0.25, -0.2) is 4.79 Å². The standard InChI is InChI=1S/C12H22N2O3/c1-9-6-4-5-7-12(9,11(16)17)13-10(15)8-14(2)3/h9H,4-8H2,1-3H3,(H,13,15)(H,16,17). The summed E-state index contributed by atoms with van der Waals surface area (Å²) in [6, 6.07) is 0. The molecule has 0 heterocycles. The zero-order chi connectivity index (χ0) is 13.1. The van der Waals surface area contributed by atoms with Gasteiger partial charge >= 0.3 is 5.97 Å². The fraction of sp³-hybridized carbons (Fsp3) is 0.833. The molecule has 1 amide bonds. The topological polar surface area (TPSA) is 69.6 Å². The zero-order valence-corrected chi connectivity index (χ0v) is 10.8. The van der Waals surface area contributed by atoms with Crippen molar-refractivity contribution >= 4 is 11.9 Å². The average Bonchev–Trinajstić information content (AvgIpc) is 2.19. The summed E-state index contributed by atoms with van der Waals surface area (Å²) in [7, 11) is 3.58. The highest BCUT2D eigenvalue weighted by atomic mass is 16.4. The average molecular weight is 242 g/mol. The van der Waals surface area contributed by atoms with Crippen LogP contribution in [-0.2, 0) is 9.59 Å². The molecule has 0 spiro atoms. The van der Waals surface area contributed by atoms with E-state index in [0.717, 1.165) is 19.3 Å². The summed E-state index contributed by atoms with van der Waals surface area (Å²) >= 11 is 0. The van der Waals surface area contributed by atoms with E-state index in [1.54, 1.807) is 19.0 Å². The fourth-order valence-corrected chi connectivity index (χ4v) is 2.48. The van der Waals surface area contributed by atoms with Crippen molar-refractivity contribution in [2.24, 2.45) is 5.92 Å². The number of nitrogens with zero attached hydrogens (tertiary/aromatic N) is 1. The van der Waals surface area contributed by atoms with E-state index in [2.05, 4.69) is 5.32 Å². The van der Waals surface area contributed by atoms with Crippen LogP contribution in [0.15, 0.2) is 0 Å². The number of carbonyl (C=O) groups is 2. The summed E-state index contributed by atoms with van der Waals surface area (Å²) in [5, 5.41) is 12.1. The van der Waals surface area contributed by atoms with Gasteiger partial charge in [-0.2, -0.15) is 0 Å². The molecule has 1 fully saturated rings. The maximum absolute atomic E-state index is 11.8. The monoisotopic (exact) mass is 242 g/mol. The Morgan fingerprint density at radius 3 is 2.53 bits per heavy atom. The molecule has 1 aliphatic rings. The second kappa shape index (κ2) is 5.49. The minimum atomic E-state index is -1.06. The maximum Gasteiger partial charge on any atom is 0.329 e. The molecule has 17 heavy (non-hydrogen) atoms. The lowest BCUT2D eigenvalue weighted by atomic mass is 9.73. The molecule has 0 aromatic rings. The van der Waals surface area contributed by atoms with Gasteiger partial charge in [0.05, 0.1) is 6.54 Å². The minimum absolute atomic E-state index is 0.0140. The molecule has 2 N–H and O–H groups in total. The second-order valence-electron chi connectivity index (χ2n) is 5.21. The van der Waals surface area contributed by atoms with Gasteiger partial charge in [-0.3, -0.25) is 4.79 Å². The lowest BCUT2D eigenvalue weighted by molar-refractivity contribution is -0.152. The molecule has 0 radical (unpaired) electrons. The van der Waals surface area contributed by atoms with Crippen LogP contribution in [0.3, 0.4) is 0 Å². The van der Waals surface area contributed by atoms with Crippen molar-refractivity contribution in [2.45, 2.75) is 38.1 Å². The molecule has 0 bridgehead atoms. The molecule has 2 atom stereocenters. The first-order valence-corrected chi connectivity index (χ1v) is 6.07. The van der Waals surface area contributed by atoms with E-state index in [9.17, 15) is 14.7 Å². The van der Waals surface area contributed by atoms with E-state index in [1.165, 1.54) is 0 Å². The number of likely N-dealkylation sites (N-methyl/N-ethyl adjacent to an activating group) is 1. The number of carboxylic acids is 1. The number of amides is 1. The third kappa shape index (κ3) is 3.19. The van der Waals surface area contributed by atoms with E-state index in [1.807, 2.05) is 6.92 Å². The third-order valence-corrected chi connectivity index (χ3v) is 3.50. The molecule has 2 unspecified atom stereocenters. The van der Waals surface area contributed by atoms with Gasteiger partial charge in [0.1, 0.15) is 5.54 Å². The first-order valence-electron chi connectivity index (χ1n) is 6.07. The number of nitrogens with one attached hydrogen (secondary N) is 1. The summed E-state index contributed by atoms with van der Waals surface area (Å²) in [5.74, 6) is -1.14. The first kappa shape index (κ1) is 14.0. The second-order valence-corrected chi connectivity index (χ2v) is 5.21. The molecular formula is C12H22N2O3. The Kier molecular flexibility index (Phi) is 4.51. The van der Waals surface area contributed by atoms with Crippen LogP contribution in [0.5, 0.6) is 0 Å². The molecule has 0 aliphatic heterocycles. The third-order valence-electron chi connectivity index (χ3n) is 3.50. The van der Waals surface area contributed by atoms with E-state index < -0.39 is 11.5 Å². The lowest BCUT2D eigenvalue weighted by Crippen LogP contribution is -2.61. The number of carboxylic acid groups (broad SMARTS) is 1. The summed E-state index contributed by atoms with van der Waals surface area (Å²) in [6.45, 7) is 2.13. The summed E-state index contributed by atoms with van der Waals surface area (Å²) in [4.78, 5) is 25.0. The predicted molar refractivity (Wildman–Crippen MR) is 64.7 cm³/mol. The molecular weight excluding hydrogens is 220 g/mol. The van der Waals surface area contributed by atoms with Gasteiger partial charge < -0.3 is 15.3 Å². The predicted octanol–water partition coefficient (Wildman–Crippen LogP) is 0.698. The largest absolute Gasteiger partial charge is 0.479 e. The number of hydrogen-bond acceptors (Lipinski definition) is 3. The van der Waals surface area contributed by atoms with Gasteiger partial charge in [-0.15, -0.1) is 0 Å². The van der Waals surface area contributed by atoms with Gasteiger partial charge in [0, 0.05) is 0 Å². The quantitative estimate of drug-likeness (QED) is 0.761. The minimum Gasteiger partial charge on any atom is -0.479 e. The first-order chi connectivity index (χ1) is 7.88. The summed E-state index contributed by atoms with van der Waals surface area (Å²) in [5.41, 5.74) is -1.06. The maximum atomic E-state index is 11.8. The van der Waals surface area contributed by atoms with Gasteiger partial charge in [0.25, 0.3) is 0 Å². The van der Waals surface area contributed by atoms with Crippen molar-refractivity contribution in [1.82, 2.24) is 10.2 Å². The van der Waals surface area contributed by atoms with Crippen molar-refractivity contribution in [3.63, 3.8) is 0 Å². The van der Waals surface area contributed by atoms with Crippen LogP contribution in [0.4, 0.5) is 0 Å². The Hall–Kier alpha value is -1.10. The van der Waals surface area contributed by atoms with Gasteiger partial charge in [-0.05, 0) is 32.9 Å². The van der Waals surface area contributed by atoms with Gasteiger partial charge in [-0.1, -0.05) is 19.8 Å². The van der Waals surface area contributed by atoms with Crippen LogP contribution in [0.2, 0.25) is 0 Å². The molecule has 1 rings (SSSR count). The molecule has 5 heteroatoms. The number of carbonyl (C=O) groups excluding carboxylic acids is 1. The van der Waals surface area contributed by atoms with Crippen molar-refractivity contribution < 1.29 is 14.7 Å². The van der Waals surface area contributed by atoms with Crippen molar-refractivity contribution in [3.05, 3.63) is 0 Å². The Labute approximate surface area is 102 Å². The number of hydrogen-bond donors (Lipinski definition) is 2. The molecule has 0 aromatic heterocycles. The number of rotatable bonds is 4. The fourth-order valence-electron chi connectivity index (χ4n) is 2.48. The summed E-state index contributed by atoms with van der Waals surface area (Å²) in [6.07, 6.45) is 3.29. The Bertz CT molecular complexity index is 304. The van der Waals surface area contributed by atoms with Crippen LogP contribution in [0.1, 0.15) is 32.6 Å². The molecule has 1 aliphatic carbocycles. The Morgan fingerprint density at radius 1 is 1.41 bits per heavy atom. The highest BCUT2D eigenvalue weighted by molar-refractivity contribution is 5.88. The van der Waals surface area contributed by atoms with Crippen LogP contribution in [0.25, 0.3) is 0 Å². The Balaban J connectivity index is 2.78. The van der Waals surface area contributed by atoms with Crippen molar-refractivity contribution in [1.29, 1.82) is 0 Å². The molecule has 0 aromatic carbocycles. The van der Waals surface area contributed by atoms with Crippen LogP contribution in [0, 0.1) is 5.92 Å². The van der Waals surface area contributed by atoms with Crippen LogP contribution >= 0.6 is 0 Å². The van der Waals surface area contributed by atoms with E-state index in [4.69, 9.17) is 0 Å². The molecule has 5 nitrogen and oxygen atoms in total. The van der Waals surface area contributed by atoms with Crippen molar-refractivity contribution in [3.8, 4) is 0 Å². The molecule has 1 saturated carbocycles. The van der Waals surface area contributed by atoms with E-state index >= 15 is 0 Å². The molecule has 98 valence electrons. The lowest BCUT2D eigenvalue weighted by Gasteiger charge is -2.39. The normalized spacial score (nSPS) is 29.1. The summed E-state index contributed by atoms with van der Waals surface area (Å²) < 4.78 is 0. The van der Waals surface area contributed by atoms with E-state index in [-0.39, 0.29) is 18.4 Å². The highest BCUT2D eigenvalue weighted by Gasteiger charge is 2.46. The highest BCUT2D eigenvalue weighted by Crippen LogP contribution is 2.33. The van der Waals surface area contributed by atoms with Crippen LogP contribution < -0.4 is 5.32 Å². The number of aliphatic carboxylic acids is 1. The van der Waals surface area contributed by atoms with Gasteiger partial charge in [0.2, 0.25) is 5.91 Å². The zero-order valence-electron chi connectivity index (χ0n) is 10.8.